The molecule has 0 aliphatic heterocycles. The van der Waals surface area contributed by atoms with Crippen LogP contribution in [0.3, 0.4) is 0 Å². The van der Waals surface area contributed by atoms with Gasteiger partial charge in [-0.2, -0.15) is 0 Å². The Morgan fingerprint density at radius 1 is 1.07 bits per heavy atom. The first-order valence-corrected chi connectivity index (χ1v) is 12.0. The molecule has 0 spiro atoms. The number of carbonyl (C=O) groups excluding carboxylic acids is 1. The van der Waals surface area contributed by atoms with Crippen LogP contribution in [0.4, 0.5) is 4.79 Å². The van der Waals surface area contributed by atoms with E-state index in [4.69, 9.17) is 9.26 Å². The number of phosphoric acid groups is 1. The number of unbranched alkanes of at least 4 members (excludes halogenated alkanes) is 3. The average Bonchev–Trinajstić information content (AvgIpc) is 2.72. The second-order valence-electron chi connectivity index (χ2n) is 6.69. The zero-order valence-electron chi connectivity index (χ0n) is 18.2. The van der Waals surface area contributed by atoms with Crippen molar-refractivity contribution in [2.24, 2.45) is 0 Å². The van der Waals surface area contributed by atoms with Crippen molar-refractivity contribution in [1.82, 2.24) is 5.32 Å². The van der Waals surface area contributed by atoms with Crippen LogP contribution in [0.25, 0.3) is 10.8 Å². The van der Waals surface area contributed by atoms with E-state index < -0.39 is 26.1 Å². The van der Waals surface area contributed by atoms with Crippen molar-refractivity contribution in [3.8, 4) is 0 Å². The number of alkyl carbamates (subject to hydrolysis) is 1. The van der Waals surface area contributed by atoms with Crippen LogP contribution >= 0.6 is 7.82 Å². The van der Waals surface area contributed by atoms with E-state index >= 15 is 0 Å². The minimum absolute atomic E-state index is 0.293. The van der Waals surface area contributed by atoms with Gasteiger partial charge in [-0.05, 0) is 29.7 Å². The van der Waals surface area contributed by atoms with Crippen molar-refractivity contribution in [1.29, 1.82) is 0 Å². The summed E-state index contributed by atoms with van der Waals surface area (Å²) < 4.78 is 21.4. The van der Waals surface area contributed by atoms with E-state index in [1.807, 2.05) is 50.2 Å². The molecule has 0 bridgehead atoms. The number of nitrogens with one attached hydrogen (secondary N) is 1. The third-order valence-corrected chi connectivity index (χ3v) is 5.04. The first kappa shape index (κ1) is 26.1. The summed E-state index contributed by atoms with van der Waals surface area (Å²) in [7, 11) is -4.73. The van der Waals surface area contributed by atoms with Crippen LogP contribution in [-0.4, -0.2) is 28.6 Å². The molecule has 0 heterocycles. The van der Waals surface area contributed by atoms with Gasteiger partial charge in [0, 0.05) is 0 Å². The summed E-state index contributed by atoms with van der Waals surface area (Å²) in [6.45, 7) is 7.90. The molecule has 2 aromatic rings. The summed E-state index contributed by atoms with van der Waals surface area (Å²) in [6, 6.07) is 12.3. The number of hydrogen-bond donors (Lipinski definition) is 3. The van der Waals surface area contributed by atoms with E-state index in [0.717, 1.165) is 36.5 Å². The van der Waals surface area contributed by atoms with E-state index in [1.54, 1.807) is 6.07 Å². The van der Waals surface area contributed by atoms with E-state index in [2.05, 4.69) is 12.2 Å². The SMILES string of the molecule is CC.CCCCCCOC(=O)NC(c1cccc2ccccc12)C(C)OP(=O)(O)O. The molecule has 1 amide bonds. The molecule has 30 heavy (non-hydrogen) atoms. The number of benzene rings is 2. The molecule has 0 aromatic heterocycles. The highest BCUT2D eigenvalue weighted by Crippen LogP contribution is 2.41. The van der Waals surface area contributed by atoms with Crippen molar-refractivity contribution < 1.29 is 28.4 Å². The summed E-state index contributed by atoms with van der Waals surface area (Å²) in [5.74, 6) is 0. The Kier molecular flexibility index (Phi) is 11.7. The highest BCUT2D eigenvalue weighted by atomic mass is 31.2. The Morgan fingerprint density at radius 3 is 2.40 bits per heavy atom. The van der Waals surface area contributed by atoms with E-state index in [9.17, 15) is 19.1 Å². The Morgan fingerprint density at radius 2 is 1.73 bits per heavy atom. The molecule has 2 aromatic carbocycles. The first-order chi connectivity index (χ1) is 14.3. The lowest BCUT2D eigenvalue weighted by atomic mass is 9.96. The number of ether oxygens (including phenoxy) is 1. The van der Waals surface area contributed by atoms with Crippen molar-refractivity contribution in [2.75, 3.05) is 6.61 Å². The molecule has 168 valence electrons. The highest BCUT2D eigenvalue weighted by molar-refractivity contribution is 7.46. The Hall–Kier alpha value is -1.92. The molecule has 0 aliphatic carbocycles. The fourth-order valence-electron chi connectivity index (χ4n) is 3.11. The molecule has 0 fully saturated rings. The van der Waals surface area contributed by atoms with Gasteiger partial charge in [0.05, 0.1) is 18.8 Å². The van der Waals surface area contributed by atoms with Gasteiger partial charge in [-0.25, -0.2) is 9.36 Å². The molecular weight excluding hydrogens is 405 g/mol. The van der Waals surface area contributed by atoms with Gasteiger partial charge in [0.15, 0.2) is 0 Å². The van der Waals surface area contributed by atoms with Gasteiger partial charge in [-0.3, -0.25) is 4.52 Å². The Bertz CT molecular complexity index is 817. The largest absolute Gasteiger partial charge is 0.469 e. The van der Waals surface area contributed by atoms with Gasteiger partial charge < -0.3 is 19.8 Å². The van der Waals surface area contributed by atoms with Crippen LogP contribution in [-0.2, 0) is 13.8 Å². The van der Waals surface area contributed by atoms with Gasteiger partial charge in [0.2, 0.25) is 0 Å². The van der Waals surface area contributed by atoms with Gasteiger partial charge in [0.1, 0.15) is 0 Å². The molecule has 0 saturated carbocycles. The number of fused-ring (bicyclic) bond motifs is 1. The quantitative estimate of drug-likeness (QED) is 0.323. The Balaban J connectivity index is 0.00000218. The fraction of sp³-hybridized carbons (Fsp3) is 0.500. The number of rotatable bonds is 10. The van der Waals surface area contributed by atoms with Crippen LogP contribution in [0.2, 0.25) is 0 Å². The van der Waals surface area contributed by atoms with Crippen LogP contribution in [0.15, 0.2) is 42.5 Å². The summed E-state index contributed by atoms with van der Waals surface area (Å²) >= 11 is 0. The lowest BCUT2D eigenvalue weighted by Crippen LogP contribution is -2.36. The van der Waals surface area contributed by atoms with Gasteiger partial charge >= 0.3 is 13.9 Å². The molecule has 0 radical (unpaired) electrons. The highest BCUT2D eigenvalue weighted by Gasteiger charge is 2.29. The van der Waals surface area contributed by atoms with Crippen molar-refractivity contribution >= 4 is 24.7 Å². The minimum atomic E-state index is -4.73. The van der Waals surface area contributed by atoms with Gasteiger partial charge in [-0.15, -0.1) is 0 Å². The minimum Gasteiger partial charge on any atom is -0.450 e. The third kappa shape index (κ3) is 8.84. The summed E-state index contributed by atoms with van der Waals surface area (Å²) in [5.41, 5.74) is 0.696. The second kappa shape index (κ2) is 13.4. The maximum atomic E-state index is 12.3. The Labute approximate surface area is 179 Å². The molecule has 0 saturated heterocycles. The number of hydrogen-bond acceptors (Lipinski definition) is 4. The molecule has 2 unspecified atom stereocenters. The van der Waals surface area contributed by atoms with Crippen molar-refractivity contribution in [3.63, 3.8) is 0 Å². The predicted molar refractivity (Wildman–Crippen MR) is 119 cm³/mol. The van der Waals surface area contributed by atoms with E-state index in [0.29, 0.717) is 12.2 Å². The maximum absolute atomic E-state index is 12.3. The molecule has 0 aliphatic rings. The summed E-state index contributed by atoms with van der Waals surface area (Å²) in [4.78, 5) is 30.7. The lowest BCUT2D eigenvalue weighted by molar-refractivity contribution is 0.0996. The summed E-state index contributed by atoms with van der Waals surface area (Å²) in [5, 5.41) is 4.52. The van der Waals surface area contributed by atoms with Gasteiger partial charge in [0.25, 0.3) is 0 Å². The molecular formula is C22H34NO6P. The number of phosphoric ester groups is 1. The molecule has 2 rings (SSSR count). The first-order valence-electron chi connectivity index (χ1n) is 10.5. The maximum Gasteiger partial charge on any atom is 0.469 e. The van der Waals surface area contributed by atoms with Crippen LogP contribution < -0.4 is 5.32 Å². The third-order valence-electron chi connectivity index (χ3n) is 4.44. The molecule has 3 N–H and O–H groups in total. The number of amides is 1. The zero-order chi connectivity index (χ0) is 22.6. The standard InChI is InChI=1S/C20H28NO6P.C2H6/c1-3-4-5-8-14-26-20(22)21-19(15(2)27-28(23,24)25)18-13-9-11-16-10-6-7-12-17(16)18;1-2/h6-7,9-13,15,19H,3-5,8,14H2,1-2H3,(H,21,22)(H2,23,24,25);1-2H3. The van der Waals surface area contributed by atoms with Crippen LogP contribution in [0.1, 0.15) is 65.0 Å². The van der Waals surface area contributed by atoms with E-state index in [-0.39, 0.29) is 0 Å². The second-order valence-corrected chi connectivity index (χ2v) is 7.88. The van der Waals surface area contributed by atoms with Crippen LogP contribution in [0, 0.1) is 0 Å². The normalized spacial score (nSPS) is 13.1. The fourth-order valence-corrected chi connectivity index (χ4v) is 3.66. The summed E-state index contributed by atoms with van der Waals surface area (Å²) in [6.07, 6.45) is 2.31. The average molecular weight is 439 g/mol. The van der Waals surface area contributed by atoms with Crippen LogP contribution in [0.5, 0.6) is 0 Å². The molecule has 8 heteroatoms. The van der Waals surface area contributed by atoms with Crippen molar-refractivity contribution in [2.45, 2.75) is 65.5 Å². The molecule has 2 atom stereocenters. The topological polar surface area (TPSA) is 105 Å². The zero-order valence-corrected chi connectivity index (χ0v) is 19.1. The molecule has 7 nitrogen and oxygen atoms in total. The van der Waals surface area contributed by atoms with E-state index in [1.165, 1.54) is 6.92 Å². The smallest absolute Gasteiger partial charge is 0.450 e. The van der Waals surface area contributed by atoms with Crippen molar-refractivity contribution in [3.05, 3.63) is 48.0 Å². The number of carbonyl (C=O) groups is 1. The monoisotopic (exact) mass is 439 g/mol. The van der Waals surface area contributed by atoms with Gasteiger partial charge in [-0.1, -0.05) is 82.5 Å². The lowest BCUT2D eigenvalue weighted by Gasteiger charge is -2.26. The predicted octanol–water partition coefficient (Wildman–Crippen LogP) is 5.71.